The molecular formula is CHBr2O2-. The zero-order valence-corrected chi connectivity index (χ0v) is 5.28. The molecule has 0 aromatic heterocycles. The molecular weight excluding hydrogens is 204 g/mol. The number of carboxylic acid groups (broad SMARTS) is 1. The minimum Gasteiger partial charge on any atom is -1.00 e. The van der Waals surface area contributed by atoms with Crippen molar-refractivity contribution in [1.82, 2.24) is 0 Å². The van der Waals surface area contributed by atoms with Crippen LogP contribution in [0.2, 0.25) is 0 Å². The summed E-state index contributed by atoms with van der Waals surface area (Å²) in [6, 6.07) is 0. The summed E-state index contributed by atoms with van der Waals surface area (Å²) < 4.78 is 0. The third kappa shape index (κ3) is 141. The molecule has 0 aliphatic rings. The molecule has 4 heteroatoms. The maximum absolute atomic E-state index is 8.92. The fourth-order valence-electron chi connectivity index (χ4n) is 0. The highest BCUT2D eigenvalue weighted by Crippen LogP contribution is 1.74. The van der Waals surface area contributed by atoms with E-state index in [0.717, 1.165) is 0 Å². The first-order valence-corrected chi connectivity index (χ1v) is 1.41. The van der Waals surface area contributed by atoms with Crippen molar-refractivity contribution in [3.63, 3.8) is 0 Å². The summed E-state index contributed by atoms with van der Waals surface area (Å²) in [5.41, 5.74) is 0. The number of hydrogen-bond donors (Lipinski definition) is 1. The van der Waals surface area contributed by atoms with Crippen molar-refractivity contribution < 1.29 is 26.9 Å². The molecule has 32 valence electrons. The summed E-state index contributed by atoms with van der Waals surface area (Å²) in [5, 5.41) is 7.33. The van der Waals surface area contributed by atoms with Crippen molar-refractivity contribution in [2.75, 3.05) is 0 Å². The van der Waals surface area contributed by atoms with E-state index in [1.807, 2.05) is 0 Å². The molecule has 0 fully saturated rings. The second-order valence-electron chi connectivity index (χ2n) is 0.253. The first kappa shape index (κ1) is 9.06. The second kappa shape index (κ2) is 4.43. The van der Waals surface area contributed by atoms with Crippen molar-refractivity contribution in [2.45, 2.75) is 0 Å². The van der Waals surface area contributed by atoms with E-state index in [2.05, 4.69) is 15.9 Å². The molecule has 0 aliphatic heterocycles. The van der Waals surface area contributed by atoms with Gasteiger partial charge in [-0.3, -0.25) is 0 Å². The lowest BCUT2D eigenvalue weighted by molar-refractivity contribution is -0.00000579. The third-order valence-electron chi connectivity index (χ3n) is 0. The Morgan fingerprint density at radius 1 is 1.80 bits per heavy atom. The van der Waals surface area contributed by atoms with Crippen LogP contribution in [0.15, 0.2) is 0 Å². The Labute approximate surface area is 48.1 Å². The van der Waals surface area contributed by atoms with Crippen LogP contribution in [-0.4, -0.2) is 9.99 Å². The molecule has 0 rings (SSSR count). The Morgan fingerprint density at radius 2 is 1.80 bits per heavy atom. The van der Waals surface area contributed by atoms with E-state index in [1.165, 1.54) is 0 Å². The Bertz CT molecular complexity index is 30.6. The monoisotopic (exact) mass is 203 g/mol. The molecule has 0 radical (unpaired) electrons. The maximum atomic E-state index is 8.92. The van der Waals surface area contributed by atoms with Gasteiger partial charge in [-0.1, -0.05) is 0 Å². The van der Waals surface area contributed by atoms with Crippen LogP contribution in [-0.2, 0) is 0 Å². The first-order valence-electron chi connectivity index (χ1n) is 0.617. The molecule has 0 saturated carbocycles. The van der Waals surface area contributed by atoms with Crippen molar-refractivity contribution in [1.29, 1.82) is 0 Å². The van der Waals surface area contributed by atoms with Gasteiger partial charge in [-0.2, -0.15) is 0 Å². The predicted molar refractivity (Wildman–Crippen MR) is 17.0 cm³/mol. The summed E-state index contributed by atoms with van der Waals surface area (Å²) >= 11 is 2.19. The summed E-state index contributed by atoms with van der Waals surface area (Å²) in [6.07, 6.45) is 0. The normalized spacial score (nSPS) is 5.00. The quantitative estimate of drug-likeness (QED) is 0.467. The maximum Gasteiger partial charge on any atom is 0.372 e. The summed E-state index contributed by atoms with van der Waals surface area (Å²) in [7, 11) is 0. The Kier molecular flexibility index (Phi) is 8.03. The highest BCUT2D eigenvalue weighted by Gasteiger charge is 1.70. The van der Waals surface area contributed by atoms with Gasteiger partial charge in [-0.15, -0.1) is 0 Å². The molecule has 0 aromatic rings. The van der Waals surface area contributed by atoms with Crippen LogP contribution < -0.4 is 17.0 Å². The van der Waals surface area contributed by atoms with Crippen LogP contribution in [0.3, 0.4) is 0 Å². The molecule has 0 heterocycles. The standard InChI is InChI=1S/CHBrO2.BrH/c2-1(3)4;/h(H,3,4);1H/p-1. The van der Waals surface area contributed by atoms with Gasteiger partial charge in [-0.05, 0) is 0 Å². The zero-order chi connectivity index (χ0) is 3.58. The van der Waals surface area contributed by atoms with Gasteiger partial charge < -0.3 is 22.1 Å². The van der Waals surface area contributed by atoms with Gasteiger partial charge in [0.25, 0.3) is 0 Å². The summed E-state index contributed by atoms with van der Waals surface area (Å²) in [5.74, 6) is 0. The van der Waals surface area contributed by atoms with Gasteiger partial charge in [0.2, 0.25) is 0 Å². The Hall–Kier alpha value is 0.430. The van der Waals surface area contributed by atoms with Gasteiger partial charge in [0.15, 0.2) is 0 Å². The fraction of sp³-hybridized carbons (Fsp3) is 0. The van der Waals surface area contributed by atoms with E-state index >= 15 is 0 Å². The van der Waals surface area contributed by atoms with Crippen LogP contribution in [0, 0.1) is 0 Å². The topological polar surface area (TPSA) is 37.3 Å². The molecule has 2 nitrogen and oxygen atoms in total. The van der Waals surface area contributed by atoms with Crippen LogP contribution in [0.25, 0.3) is 0 Å². The van der Waals surface area contributed by atoms with Gasteiger partial charge in [0.1, 0.15) is 0 Å². The van der Waals surface area contributed by atoms with Gasteiger partial charge in [0, 0.05) is 15.9 Å². The molecule has 0 spiro atoms. The van der Waals surface area contributed by atoms with Crippen LogP contribution in [0.1, 0.15) is 0 Å². The highest BCUT2D eigenvalue weighted by molar-refractivity contribution is 9.18. The van der Waals surface area contributed by atoms with E-state index < -0.39 is 4.88 Å². The SMILES string of the molecule is O=C(O)Br.[Br-]. The first-order chi connectivity index (χ1) is 1.73. The van der Waals surface area contributed by atoms with Crippen molar-refractivity contribution >= 4 is 20.8 Å². The average Bonchev–Trinajstić information content (AvgIpc) is 0.811. The van der Waals surface area contributed by atoms with Gasteiger partial charge in [-0.25, -0.2) is 4.79 Å². The number of hydrogen-bond acceptors (Lipinski definition) is 1. The van der Waals surface area contributed by atoms with E-state index in [0.29, 0.717) is 0 Å². The molecule has 0 bridgehead atoms. The van der Waals surface area contributed by atoms with Crippen molar-refractivity contribution in [3.8, 4) is 0 Å². The highest BCUT2D eigenvalue weighted by atomic mass is 79.9. The largest absolute Gasteiger partial charge is 1.00 e. The van der Waals surface area contributed by atoms with E-state index in [4.69, 9.17) is 9.90 Å². The lowest BCUT2D eigenvalue weighted by atomic mass is 11.7. The molecule has 0 amide bonds. The second-order valence-corrected chi connectivity index (χ2v) is 0.931. The summed E-state index contributed by atoms with van der Waals surface area (Å²) in [6.45, 7) is 0. The zero-order valence-electron chi connectivity index (χ0n) is 2.11. The predicted octanol–water partition coefficient (Wildman–Crippen LogP) is -1.94. The fourth-order valence-corrected chi connectivity index (χ4v) is 0. The van der Waals surface area contributed by atoms with Crippen LogP contribution in [0.5, 0.6) is 0 Å². The van der Waals surface area contributed by atoms with Gasteiger partial charge in [0.05, 0.1) is 0 Å². The van der Waals surface area contributed by atoms with Crippen molar-refractivity contribution in [3.05, 3.63) is 0 Å². The molecule has 0 saturated heterocycles. The van der Waals surface area contributed by atoms with Crippen LogP contribution >= 0.6 is 15.9 Å². The van der Waals surface area contributed by atoms with Crippen molar-refractivity contribution in [2.24, 2.45) is 0 Å². The minimum atomic E-state index is -1.02. The van der Waals surface area contributed by atoms with E-state index in [9.17, 15) is 0 Å². The molecule has 0 aromatic carbocycles. The van der Waals surface area contributed by atoms with E-state index in [-0.39, 0.29) is 17.0 Å². The third-order valence-corrected chi connectivity index (χ3v) is 0. The molecule has 1 N–H and O–H groups in total. The Balaban J connectivity index is 0. The number of carbonyl (C=O) groups is 1. The number of halogens is 2. The molecule has 0 unspecified atom stereocenters. The molecule has 0 aliphatic carbocycles. The summed E-state index contributed by atoms with van der Waals surface area (Å²) in [4.78, 5) is 7.90. The van der Waals surface area contributed by atoms with E-state index in [1.54, 1.807) is 0 Å². The smallest absolute Gasteiger partial charge is 0.372 e. The lowest BCUT2D eigenvalue weighted by Crippen LogP contribution is -3.00. The van der Waals surface area contributed by atoms with Crippen LogP contribution in [0.4, 0.5) is 4.79 Å². The Morgan fingerprint density at radius 3 is 1.80 bits per heavy atom. The minimum absolute atomic E-state index is 0. The average molecular weight is 205 g/mol. The van der Waals surface area contributed by atoms with Gasteiger partial charge >= 0.3 is 4.88 Å². The lowest BCUT2D eigenvalue weighted by Gasteiger charge is -1.56. The molecule has 0 atom stereocenters. The molecule has 5 heavy (non-hydrogen) atoms. The number of rotatable bonds is 0.